The Morgan fingerprint density at radius 2 is 1.95 bits per heavy atom. The maximum Gasteiger partial charge on any atom is 0.325 e. The van der Waals surface area contributed by atoms with Gasteiger partial charge in [-0.15, -0.1) is 12.4 Å². The Kier molecular flexibility index (Phi) is 5.22. The minimum atomic E-state index is -0.759. The van der Waals surface area contributed by atoms with Crippen LogP contribution >= 0.6 is 12.4 Å². The highest BCUT2D eigenvalue weighted by atomic mass is 35.5. The third-order valence-corrected chi connectivity index (χ3v) is 3.75. The number of nitrogens with zero attached hydrogens (tertiary/aromatic N) is 1. The van der Waals surface area contributed by atoms with Crippen molar-refractivity contribution in [2.75, 3.05) is 13.1 Å². The standard InChI is InChI=1S/C13H22N4O3.ClH/c1-12(2,14)8-15-9(18)7-17-10(19)13(16-11(17)20)5-3-4-6-13;/h3-8,14H2,1-2H3,(H,15,18)(H,16,20);1H. The van der Waals surface area contributed by atoms with Gasteiger partial charge in [0.2, 0.25) is 5.91 Å². The molecule has 8 heteroatoms. The van der Waals surface area contributed by atoms with Crippen molar-refractivity contribution in [1.29, 1.82) is 0 Å². The molecule has 1 aliphatic carbocycles. The fraction of sp³-hybridized carbons (Fsp3) is 0.769. The van der Waals surface area contributed by atoms with E-state index in [1.165, 1.54) is 0 Å². The molecule has 2 rings (SSSR count). The number of rotatable bonds is 4. The molecule has 2 aliphatic rings. The predicted octanol–water partition coefficient (Wildman–Crippen LogP) is 0.126. The van der Waals surface area contributed by atoms with Gasteiger partial charge in [0.15, 0.2) is 0 Å². The number of urea groups is 1. The molecular weight excluding hydrogens is 296 g/mol. The average molecular weight is 319 g/mol. The molecule has 0 aromatic rings. The predicted molar refractivity (Wildman–Crippen MR) is 80.0 cm³/mol. The van der Waals surface area contributed by atoms with Gasteiger partial charge in [-0.1, -0.05) is 12.8 Å². The van der Waals surface area contributed by atoms with E-state index in [0.29, 0.717) is 19.4 Å². The molecule has 0 atom stereocenters. The molecule has 0 bridgehead atoms. The zero-order chi connectivity index (χ0) is 15.0. The van der Waals surface area contributed by atoms with E-state index in [9.17, 15) is 14.4 Å². The molecule has 4 N–H and O–H groups in total. The summed E-state index contributed by atoms with van der Waals surface area (Å²) in [4.78, 5) is 37.0. The second-order valence-corrected chi connectivity index (χ2v) is 6.38. The van der Waals surface area contributed by atoms with Crippen LogP contribution in [0.1, 0.15) is 39.5 Å². The van der Waals surface area contributed by atoms with E-state index >= 15 is 0 Å². The second-order valence-electron chi connectivity index (χ2n) is 6.38. The molecule has 21 heavy (non-hydrogen) atoms. The number of imide groups is 1. The third kappa shape index (κ3) is 3.85. The highest BCUT2D eigenvalue weighted by molar-refractivity contribution is 6.09. The third-order valence-electron chi connectivity index (χ3n) is 3.75. The molecule has 2 fully saturated rings. The molecule has 0 radical (unpaired) electrons. The first kappa shape index (κ1) is 17.7. The summed E-state index contributed by atoms with van der Waals surface area (Å²) in [6, 6.07) is -0.473. The van der Waals surface area contributed by atoms with Gasteiger partial charge < -0.3 is 16.4 Å². The molecule has 0 aromatic carbocycles. The maximum atomic E-state index is 12.3. The van der Waals surface area contributed by atoms with Gasteiger partial charge in [0.1, 0.15) is 12.1 Å². The summed E-state index contributed by atoms with van der Waals surface area (Å²) in [6.45, 7) is 3.62. The number of hydrogen-bond acceptors (Lipinski definition) is 4. The lowest BCUT2D eigenvalue weighted by Gasteiger charge is -2.21. The molecule has 7 nitrogen and oxygen atoms in total. The minimum absolute atomic E-state index is 0. The maximum absolute atomic E-state index is 12.3. The van der Waals surface area contributed by atoms with Crippen molar-refractivity contribution in [2.45, 2.75) is 50.6 Å². The summed E-state index contributed by atoms with van der Waals surface area (Å²) >= 11 is 0. The van der Waals surface area contributed by atoms with Crippen molar-refractivity contribution in [1.82, 2.24) is 15.5 Å². The van der Waals surface area contributed by atoms with Crippen molar-refractivity contribution in [3.8, 4) is 0 Å². The monoisotopic (exact) mass is 318 g/mol. The SMILES string of the molecule is CC(C)(N)CNC(=O)CN1C(=O)NC2(CCCC2)C1=O.Cl. The van der Waals surface area contributed by atoms with Gasteiger partial charge in [0, 0.05) is 12.1 Å². The zero-order valence-electron chi connectivity index (χ0n) is 12.4. The number of carbonyl (C=O) groups excluding carboxylic acids is 3. The molecule has 120 valence electrons. The topological polar surface area (TPSA) is 105 Å². The fourth-order valence-electron chi connectivity index (χ4n) is 2.66. The van der Waals surface area contributed by atoms with Crippen LogP contribution in [0.2, 0.25) is 0 Å². The van der Waals surface area contributed by atoms with Crippen LogP contribution in [0.3, 0.4) is 0 Å². The Morgan fingerprint density at radius 1 is 1.38 bits per heavy atom. The largest absolute Gasteiger partial charge is 0.353 e. The van der Waals surface area contributed by atoms with Crippen LogP contribution in [0, 0.1) is 0 Å². The molecule has 0 aromatic heterocycles. The first-order chi connectivity index (χ1) is 9.23. The Labute approximate surface area is 130 Å². The summed E-state index contributed by atoms with van der Waals surface area (Å²) in [5.74, 6) is -0.649. The van der Waals surface area contributed by atoms with E-state index in [1.807, 2.05) is 0 Å². The van der Waals surface area contributed by atoms with Crippen molar-refractivity contribution in [2.24, 2.45) is 5.73 Å². The fourth-order valence-corrected chi connectivity index (χ4v) is 2.66. The van der Waals surface area contributed by atoms with Crippen molar-refractivity contribution < 1.29 is 14.4 Å². The van der Waals surface area contributed by atoms with Crippen LogP contribution in [0.25, 0.3) is 0 Å². The average Bonchev–Trinajstić information content (AvgIpc) is 2.88. The summed E-state index contributed by atoms with van der Waals surface area (Å²) in [7, 11) is 0. The first-order valence-corrected chi connectivity index (χ1v) is 6.93. The lowest BCUT2D eigenvalue weighted by molar-refractivity contribution is -0.134. The van der Waals surface area contributed by atoms with E-state index in [4.69, 9.17) is 5.73 Å². The van der Waals surface area contributed by atoms with Gasteiger partial charge in [0.05, 0.1) is 0 Å². The molecule has 4 amide bonds. The lowest BCUT2D eigenvalue weighted by Crippen LogP contribution is -2.49. The zero-order valence-corrected chi connectivity index (χ0v) is 13.2. The van der Waals surface area contributed by atoms with E-state index in [-0.39, 0.29) is 30.8 Å². The van der Waals surface area contributed by atoms with Gasteiger partial charge in [-0.3, -0.25) is 14.5 Å². The second kappa shape index (κ2) is 6.19. The van der Waals surface area contributed by atoms with Crippen LogP contribution in [0.15, 0.2) is 0 Å². The molecule has 1 saturated carbocycles. The smallest absolute Gasteiger partial charge is 0.325 e. The van der Waals surface area contributed by atoms with Gasteiger partial charge in [-0.25, -0.2) is 4.79 Å². The number of nitrogens with two attached hydrogens (primary N) is 1. The van der Waals surface area contributed by atoms with Crippen LogP contribution in [-0.4, -0.2) is 46.9 Å². The Balaban J connectivity index is 0.00000220. The lowest BCUT2D eigenvalue weighted by atomic mass is 9.98. The van der Waals surface area contributed by atoms with Crippen molar-refractivity contribution in [3.63, 3.8) is 0 Å². The number of carbonyl (C=O) groups is 3. The molecule has 1 heterocycles. The molecular formula is C13H23ClN4O3. The summed E-state index contributed by atoms with van der Waals surface area (Å²) in [6.07, 6.45) is 3.16. The Hall–Kier alpha value is -1.34. The van der Waals surface area contributed by atoms with Gasteiger partial charge in [0.25, 0.3) is 5.91 Å². The summed E-state index contributed by atoms with van der Waals surface area (Å²) in [5.41, 5.74) is 4.48. The molecule has 1 aliphatic heterocycles. The van der Waals surface area contributed by atoms with Crippen LogP contribution < -0.4 is 16.4 Å². The van der Waals surface area contributed by atoms with E-state index in [1.54, 1.807) is 13.8 Å². The summed E-state index contributed by atoms with van der Waals surface area (Å²) in [5, 5.41) is 5.37. The molecule has 1 saturated heterocycles. The number of hydrogen-bond donors (Lipinski definition) is 3. The number of amides is 4. The van der Waals surface area contributed by atoms with Crippen molar-refractivity contribution >= 4 is 30.3 Å². The van der Waals surface area contributed by atoms with Crippen molar-refractivity contribution in [3.05, 3.63) is 0 Å². The molecule has 0 unspecified atom stereocenters. The summed E-state index contributed by atoms with van der Waals surface area (Å²) < 4.78 is 0. The van der Waals surface area contributed by atoms with Crippen LogP contribution in [-0.2, 0) is 9.59 Å². The van der Waals surface area contributed by atoms with E-state index in [0.717, 1.165) is 17.7 Å². The highest BCUT2D eigenvalue weighted by Crippen LogP contribution is 2.34. The highest BCUT2D eigenvalue weighted by Gasteiger charge is 2.52. The quantitative estimate of drug-likeness (QED) is 0.641. The van der Waals surface area contributed by atoms with Gasteiger partial charge >= 0.3 is 6.03 Å². The van der Waals surface area contributed by atoms with E-state index < -0.39 is 17.1 Å². The normalized spacial score (nSPS) is 20.4. The number of halogens is 1. The van der Waals surface area contributed by atoms with Gasteiger partial charge in [-0.2, -0.15) is 0 Å². The molecule has 1 spiro atoms. The Bertz CT molecular complexity index is 441. The van der Waals surface area contributed by atoms with Gasteiger partial charge in [-0.05, 0) is 26.7 Å². The first-order valence-electron chi connectivity index (χ1n) is 6.93. The van der Waals surface area contributed by atoms with E-state index in [2.05, 4.69) is 10.6 Å². The van der Waals surface area contributed by atoms with Crippen LogP contribution in [0.4, 0.5) is 4.79 Å². The van der Waals surface area contributed by atoms with Crippen LogP contribution in [0.5, 0.6) is 0 Å². The minimum Gasteiger partial charge on any atom is -0.353 e. The number of nitrogens with one attached hydrogen (secondary N) is 2. The Morgan fingerprint density at radius 3 is 2.48 bits per heavy atom.